The molecule has 5 nitrogen and oxygen atoms in total. The normalized spacial score (nSPS) is 11.2. The Kier molecular flexibility index (Phi) is 4.97. The van der Waals surface area contributed by atoms with Crippen LogP contribution in [0.15, 0.2) is 29.3 Å². The van der Waals surface area contributed by atoms with Gasteiger partial charge in [-0.15, -0.1) is 0 Å². The van der Waals surface area contributed by atoms with Crippen LogP contribution >= 0.6 is 0 Å². The van der Waals surface area contributed by atoms with Crippen molar-refractivity contribution in [2.45, 2.75) is 39.7 Å². The lowest BCUT2D eigenvalue weighted by Crippen LogP contribution is -2.21. The van der Waals surface area contributed by atoms with Crippen LogP contribution in [-0.2, 0) is 6.54 Å². The molecule has 26 heavy (non-hydrogen) atoms. The van der Waals surface area contributed by atoms with E-state index in [1.807, 2.05) is 0 Å². The van der Waals surface area contributed by atoms with Gasteiger partial charge < -0.3 is 10.3 Å². The Morgan fingerprint density at radius 3 is 2.73 bits per heavy atom. The van der Waals surface area contributed by atoms with Crippen molar-refractivity contribution in [3.63, 3.8) is 0 Å². The van der Waals surface area contributed by atoms with Crippen molar-refractivity contribution >= 4 is 16.7 Å². The third-order valence-electron chi connectivity index (χ3n) is 4.39. The molecule has 0 amide bonds. The number of nitrogens with two attached hydrogens (primary N) is 1. The number of benzene rings is 1. The number of rotatable bonds is 5. The SMILES string of the molecule is CCCCCn1ccc2cc(-c3nc(N)ncc3C)c(F)c(F)c2c1=O. The standard InChI is InChI=1S/C19H20F2N4O/c1-3-4-5-7-25-8-6-12-9-13(15(20)16(21)14(12)18(25)26)17-11(2)10-23-19(22)24-17/h6,8-10H,3-5,7H2,1-2H3,(H2,22,23,24). The summed E-state index contributed by atoms with van der Waals surface area (Å²) in [5.74, 6) is -2.30. The van der Waals surface area contributed by atoms with Gasteiger partial charge in [0, 0.05) is 24.5 Å². The van der Waals surface area contributed by atoms with E-state index in [0.717, 1.165) is 19.3 Å². The van der Waals surface area contributed by atoms with E-state index in [1.165, 1.54) is 16.8 Å². The Labute approximate surface area is 149 Å². The first-order chi connectivity index (χ1) is 12.4. The second kappa shape index (κ2) is 7.19. The molecule has 0 spiro atoms. The molecule has 0 saturated heterocycles. The molecular weight excluding hydrogens is 338 g/mol. The van der Waals surface area contributed by atoms with Crippen LogP contribution in [-0.4, -0.2) is 14.5 Å². The van der Waals surface area contributed by atoms with Gasteiger partial charge in [0.15, 0.2) is 11.6 Å². The highest BCUT2D eigenvalue weighted by Gasteiger charge is 2.20. The zero-order valence-electron chi connectivity index (χ0n) is 14.7. The molecule has 0 bridgehead atoms. The number of pyridine rings is 1. The summed E-state index contributed by atoms with van der Waals surface area (Å²) in [6, 6.07) is 3.05. The van der Waals surface area contributed by atoms with Crippen LogP contribution in [0.5, 0.6) is 0 Å². The maximum atomic E-state index is 14.7. The van der Waals surface area contributed by atoms with E-state index in [9.17, 15) is 13.6 Å². The van der Waals surface area contributed by atoms with Crippen molar-refractivity contribution in [2.24, 2.45) is 0 Å². The van der Waals surface area contributed by atoms with Crippen molar-refractivity contribution in [3.05, 3.63) is 52.1 Å². The largest absolute Gasteiger partial charge is 0.368 e. The molecule has 0 radical (unpaired) electrons. The molecule has 0 aliphatic carbocycles. The van der Waals surface area contributed by atoms with Crippen molar-refractivity contribution in [1.82, 2.24) is 14.5 Å². The highest BCUT2D eigenvalue weighted by atomic mass is 19.2. The van der Waals surface area contributed by atoms with Crippen molar-refractivity contribution in [3.8, 4) is 11.3 Å². The smallest absolute Gasteiger partial charge is 0.261 e. The van der Waals surface area contributed by atoms with E-state index in [4.69, 9.17) is 5.73 Å². The number of aromatic nitrogens is 3. The van der Waals surface area contributed by atoms with Crippen LogP contribution in [0.2, 0.25) is 0 Å². The predicted octanol–water partition coefficient (Wildman–Crippen LogP) is 3.82. The summed E-state index contributed by atoms with van der Waals surface area (Å²) in [4.78, 5) is 20.4. The van der Waals surface area contributed by atoms with E-state index in [-0.39, 0.29) is 22.6 Å². The molecule has 3 aromatic rings. The third-order valence-corrected chi connectivity index (χ3v) is 4.39. The lowest BCUT2D eigenvalue weighted by Gasteiger charge is -2.11. The van der Waals surface area contributed by atoms with Crippen molar-refractivity contribution in [1.29, 1.82) is 0 Å². The minimum Gasteiger partial charge on any atom is -0.368 e. The van der Waals surface area contributed by atoms with Gasteiger partial charge in [-0.25, -0.2) is 18.7 Å². The number of hydrogen-bond acceptors (Lipinski definition) is 4. The van der Waals surface area contributed by atoms with Gasteiger partial charge in [-0.2, -0.15) is 0 Å². The number of unbranched alkanes of at least 4 members (excludes halogenated alkanes) is 2. The molecule has 1 aromatic carbocycles. The molecule has 7 heteroatoms. The fourth-order valence-corrected chi connectivity index (χ4v) is 2.98. The predicted molar refractivity (Wildman–Crippen MR) is 97.8 cm³/mol. The summed E-state index contributed by atoms with van der Waals surface area (Å²) in [5, 5.41) is 0.0807. The summed E-state index contributed by atoms with van der Waals surface area (Å²) in [5.41, 5.74) is 5.78. The van der Waals surface area contributed by atoms with Gasteiger partial charge in [0.05, 0.1) is 11.1 Å². The van der Waals surface area contributed by atoms with Gasteiger partial charge >= 0.3 is 0 Å². The van der Waals surface area contributed by atoms with E-state index >= 15 is 0 Å². The van der Waals surface area contributed by atoms with Gasteiger partial charge in [0.1, 0.15) is 0 Å². The van der Waals surface area contributed by atoms with Crippen molar-refractivity contribution in [2.75, 3.05) is 5.73 Å². The number of hydrogen-bond donors (Lipinski definition) is 1. The Bertz CT molecular complexity index is 1030. The van der Waals surface area contributed by atoms with Crippen LogP contribution in [0.1, 0.15) is 31.7 Å². The van der Waals surface area contributed by atoms with Gasteiger partial charge in [-0.1, -0.05) is 19.8 Å². The Morgan fingerprint density at radius 1 is 1.23 bits per heavy atom. The number of nitrogens with zero attached hydrogens (tertiary/aromatic N) is 3. The number of aryl methyl sites for hydroxylation is 2. The van der Waals surface area contributed by atoms with Gasteiger partial charge in [0.25, 0.3) is 5.56 Å². The van der Waals surface area contributed by atoms with Crippen LogP contribution < -0.4 is 11.3 Å². The van der Waals surface area contributed by atoms with Gasteiger partial charge in [0.2, 0.25) is 5.95 Å². The molecule has 0 aliphatic heterocycles. The molecule has 3 rings (SSSR count). The fraction of sp³-hybridized carbons (Fsp3) is 0.316. The minimum atomic E-state index is -1.16. The molecule has 2 aromatic heterocycles. The first-order valence-electron chi connectivity index (χ1n) is 8.54. The first-order valence-corrected chi connectivity index (χ1v) is 8.54. The highest BCUT2D eigenvalue weighted by molar-refractivity contribution is 5.87. The maximum absolute atomic E-state index is 14.7. The summed E-state index contributed by atoms with van der Waals surface area (Å²) >= 11 is 0. The fourth-order valence-electron chi connectivity index (χ4n) is 2.98. The topological polar surface area (TPSA) is 73.8 Å². The molecule has 0 fully saturated rings. The van der Waals surface area contributed by atoms with Crippen LogP contribution in [0.3, 0.4) is 0 Å². The van der Waals surface area contributed by atoms with E-state index in [1.54, 1.807) is 19.2 Å². The zero-order valence-corrected chi connectivity index (χ0v) is 14.7. The lowest BCUT2D eigenvalue weighted by molar-refractivity contribution is 0.516. The number of nitrogen functional groups attached to an aromatic ring is 1. The maximum Gasteiger partial charge on any atom is 0.261 e. The van der Waals surface area contributed by atoms with Crippen LogP contribution in [0.4, 0.5) is 14.7 Å². The molecule has 2 N–H and O–H groups in total. The van der Waals surface area contributed by atoms with Crippen LogP contribution in [0, 0.1) is 18.6 Å². The monoisotopic (exact) mass is 358 g/mol. The van der Waals surface area contributed by atoms with Crippen molar-refractivity contribution < 1.29 is 8.78 Å². The Morgan fingerprint density at radius 2 is 2.00 bits per heavy atom. The van der Waals surface area contributed by atoms with E-state index in [0.29, 0.717) is 17.5 Å². The number of anilines is 1. The second-order valence-electron chi connectivity index (χ2n) is 6.30. The van der Waals surface area contributed by atoms with E-state index < -0.39 is 17.2 Å². The highest BCUT2D eigenvalue weighted by Crippen LogP contribution is 2.30. The first kappa shape index (κ1) is 18.0. The third kappa shape index (κ3) is 3.16. The molecule has 0 saturated carbocycles. The molecule has 0 aliphatic rings. The van der Waals surface area contributed by atoms with Gasteiger partial charge in [-0.3, -0.25) is 4.79 Å². The lowest BCUT2D eigenvalue weighted by atomic mass is 10.0. The summed E-state index contributed by atoms with van der Waals surface area (Å²) in [6.07, 6.45) is 5.85. The second-order valence-corrected chi connectivity index (χ2v) is 6.30. The quantitative estimate of drug-likeness (QED) is 0.704. The summed E-state index contributed by atoms with van der Waals surface area (Å²) in [7, 11) is 0. The number of fused-ring (bicyclic) bond motifs is 1. The Hall–Kier alpha value is -2.83. The summed E-state index contributed by atoms with van der Waals surface area (Å²) < 4.78 is 30.9. The number of halogens is 2. The average Bonchev–Trinajstić information content (AvgIpc) is 2.62. The Balaban J connectivity index is 2.19. The molecule has 2 heterocycles. The zero-order chi connectivity index (χ0) is 18.8. The average molecular weight is 358 g/mol. The molecule has 0 atom stereocenters. The van der Waals surface area contributed by atoms with Crippen LogP contribution in [0.25, 0.3) is 22.0 Å². The molecular formula is C19H20F2N4O. The van der Waals surface area contributed by atoms with E-state index in [2.05, 4.69) is 16.9 Å². The van der Waals surface area contributed by atoms with Gasteiger partial charge in [-0.05, 0) is 36.4 Å². The molecule has 136 valence electrons. The minimum absolute atomic E-state index is 0.0307. The molecule has 0 unspecified atom stereocenters. The summed E-state index contributed by atoms with van der Waals surface area (Å²) in [6.45, 7) is 4.22.